The number of carbonyl (C=O) groups excluding carboxylic acids is 2. The van der Waals surface area contributed by atoms with Gasteiger partial charge in [0.15, 0.2) is 0 Å². The molecular weight excluding hydrogens is 334 g/mol. The maximum absolute atomic E-state index is 12.4. The topological polar surface area (TPSA) is 61.4 Å². The van der Waals surface area contributed by atoms with Gasteiger partial charge >= 0.3 is 6.03 Å². The number of aryl methyl sites for hydroxylation is 1. The molecule has 0 unspecified atom stereocenters. The summed E-state index contributed by atoms with van der Waals surface area (Å²) in [6.45, 7) is 4.47. The van der Waals surface area contributed by atoms with Gasteiger partial charge in [0.1, 0.15) is 5.37 Å². The zero-order valence-corrected chi connectivity index (χ0v) is 15.1. The monoisotopic (exact) mass is 355 g/mol. The normalized spacial score (nSPS) is 16.8. The Balaban J connectivity index is 1.82. The quantitative estimate of drug-likeness (QED) is 0.874. The summed E-state index contributed by atoms with van der Waals surface area (Å²) in [7, 11) is 0. The second-order valence-electron chi connectivity index (χ2n) is 5.82. The van der Waals surface area contributed by atoms with Crippen LogP contribution in [-0.4, -0.2) is 24.2 Å². The molecule has 0 spiro atoms. The molecule has 1 fully saturated rings. The van der Waals surface area contributed by atoms with E-state index >= 15 is 0 Å². The Labute approximate surface area is 151 Å². The number of rotatable bonds is 4. The Hall–Kier alpha value is -2.47. The number of anilines is 2. The van der Waals surface area contributed by atoms with E-state index in [0.29, 0.717) is 12.3 Å². The molecule has 130 valence electrons. The molecule has 0 bridgehead atoms. The van der Waals surface area contributed by atoms with Crippen molar-refractivity contribution in [1.29, 1.82) is 0 Å². The van der Waals surface area contributed by atoms with Crippen LogP contribution in [0.5, 0.6) is 0 Å². The summed E-state index contributed by atoms with van der Waals surface area (Å²) >= 11 is 1.62. The van der Waals surface area contributed by atoms with Crippen molar-refractivity contribution in [1.82, 2.24) is 5.32 Å². The summed E-state index contributed by atoms with van der Waals surface area (Å²) in [5, 5.41) is 5.43. The first-order valence-electron chi connectivity index (χ1n) is 8.24. The van der Waals surface area contributed by atoms with Crippen LogP contribution >= 0.6 is 11.8 Å². The Morgan fingerprint density at radius 3 is 2.60 bits per heavy atom. The Bertz CT molecular complexity index is 776. The number of hydrogen-bond donors (Lipinski definition) is 2. The average molecular weight is 355 g/mol. The largest absolute Gasteiger partial charge is 0.338 e. The fourth-order valence-electron chi connectivity index (χ4n) is 2.83. The van der Waals surface area contributed by atoms with Crippen LogP contribution in [0.4, 0.5) is 16.2 Å². The van der Waals surface area contributed by atoms with Crippen molar-refractivity contribution in [2.24, 2.45) is 0 Å². The molecule has 3 rings (SSSR count). The number of carbonyl (C=O) groups is 2. The molecule has 1 heterocycles. The van der Waals surface area contributed by atoms with Gasteiger partial charge in [0.05, 0.1) is 5.75 Å². The molecule has 0 aromatic heterocycles. The Morgan fingerprint density at radius 2 is 1.92 bits per heavy atom. The summed E-state index contributed by atoms with van der Waals surface area (Å²) < 4.78 is 0. The molecular formula is C19H21N3O2S. The van der Waals surface area contributed by atoms with Crippen molar-refractivity contribution in [2.45, 2.75) is 19.2 Å². The molecule has 1 aliphatic rings. The molecule has 0 saturated carbocycles. The molecule has 2 aromatic carbocycles. The zero-order chi connectivity index (χ0) is 17.8. The van der Waals surface area contributed by atoms with Gasteiger partial charge in [0.2, 0.25) is 5.91 Å². The smallest absolute Gasteiger partial charge is 0.319 e. The molecule has 0 radical (unpaired) electrons. The second-order valence-corrected chi connectivity index (χ2v) is 6.89. The molecule has 25 heavy (non-hydrogen) atoms. The molecule has 5 nitrogen and oxygen atoms in total. The Morgan fingerprint density at radius 1 is 1.20 bits per heavy atom. The number of hydrogen-bond acceptors (Lipinski definition) is 3. The first-order chi connectivity index (χ1) is 12.1. The fraction of sp³-hybridized carbons (Fsp3) is 0.263. The van der Waals surface area contributed by atoms with Crippen molar-refractivity contribution < 1.29 is 9.59 Å². The molecule has 1 saturated heterocycles. The van der Waals surface area contributed by atoms with Crippen molar-refractivity contribution in [2.75, 3.05) is 22.5 Å². The molecule has 1 aliphatic heterocycles. The second kappa shape index (κ2) is 7.61. The molecule has 0 aliphatic carbocycles. The van der Waals surface area contributed by atoms with Crippen molar-refractivity contribution in [3.05, 3.63) is 59.7 Å². The van der Waals surface area contributed by atoms with Crippen LogP contribution in [0.15, 0.2) is 48.5 Å². The number of benzene rings is 2. The predicted octanol–water partition coefficient (Wildman–Crippen LogP) is 3.92. The van der Waals surface area contributed by atoms with Gasteiger partial charge in [-0.2, -0.15) is 0 Å². The van der Waals surface area contributed by atoms with Crippen LogP contribution in [0.25, 0.3) is 0 Å². The summed E-state index contributed by atoms with van der Waals surface area (Å²) in [5.74, 6) is 0.589. The van der Waals surface area contributed by atoms with E-state index in [-0.39, 0.29) is 17.3 Å². The fourth-order valence-corrected chi connectivity index (χ4v) is 4.00. The minimum atomic E-state index is -0.220. The molecule has 6 heteroatoms. The standard InChI is InChI=1S/C19H21N3O2S/c1-3-20-19(24)21-15-10-8-14(9-11-15)18-22(17(23)12-25-18)16-7-5-4-6-13(16)2/h4-11,18H,3,12H2,1-2H3,(H2,20,21,24)/t18-/m1/s1. The summed E-state index contributed by atoms with van der Waals surface area (Å²) in [5.41, 5.74) is 3.80. The van der Waals surface area contributed by atoms with Gasteiger partial charge in [-0.05, 0) is 43.2 Å². The van der Waals surface area contributed by atoms with Gasteiger partial charge in [0.25, 0.3) is 0 Å². The number of nitrogens with one attached hydrogen (secondary N) is 2. The van der Waals surface area contributed by atoms with Gasteiger partial charge in [-0.25, -0.2) is 4.79 Å². The SMILES string of the molecule is CCNC(=O)Nc1ccc([C@H]2SCC(=O)N2c2ccccc2C)cc1. The van der Waals surface area contributed by atoms with E-state index in [1.165, 1.54) is 0 Å². The van der Waals surface area contributed by atoms with Crippen LogP contribution in [-0.2, 0) is 4.79 Å². The molecule has 3 amide bonds. The summed E-state index contributed by atoms with van der Waals surface area (Å²) in [4.78, 5) is 25.9. The lowest BCUT2D eigenvalue weighted by Gasteiger charge is -2.26. The third kappa shape index (κ3) is 3.79. The minimum absolute atomic E-state index is 0.0490. The lowest BCUT2D eigenvalue weighted by atomic mass is 10.1. The van der Waals surface area contributed by atoms with Crippen molar-refractivity contribution in [3.8, 4) is 0 Å². The van der Waals surface area contributed by atoms with Crippen LogP contribution in [0.3, 0.4) is 0 Å². The number of para-hydroxylation sites is 1. The minimum Gasteiger partial charge on any atom is -0.338 e. The van der Waals surface area contributed by atoms with Gasteiger partial charge in [-0.1, -0.05) is 30.3 Å². The number of amides is 3. The number of urea groups is 1. The predicted molar refractivity (Wildman–Crippen MR) is 103 cm³/mol. The molecule has 2 aromatic rings. The van der Waals surface area contributed by atoms with Crippen LogP contribution in [0.2, 0.25) is 0 Å². The maximum Gasteiger partial charge on any atom is 0.319 e. The first kappa shape index (κ1) is 17.4. The van der Waals surface area contributed by atoms with E-state index in [0.717, 1.165) is 22.5 Å². The third-order valence-corrected chi connectivity index (χ3v) is 5.25. The zero-order valence-electron chi connectivity index (χ0n) is 14.3. The summed E-state index contributed by atoms with van der Waals surface area (Å²) in [6, 6.07) is 15.4. The van der Waals surface area contributed by atoms with Crippen LogP contribution < -0.4 is 15.5 Å². The first-order valence-corrected chi connectivity index (χ1v) is 9.29. The van der Waals surface area contributed by atoms with E-state index < -0.39 is 0 Å². The van der Waals surface area contributed by atoms with Crippen molar-refractivity contribution >= 4 is 35.1 Å². The van der Waals surface area contributed by atoms with Gasteiger partial charge in [-0.3, -0.25) is 9.69 Å². The van der Waals surface area contributed by atoms with Crippen LogP contribution in [0, 0.1) is 6.92 Å². The number of nitrogens with zero attached hydrogens (tertiary/aromatic N) is 1. The highest BCUT2D eigenvalue weighted by Gasteiger charge is 2.34. The number of thioether (sulfide) groups is 1. The van der Waals surface area contributed by atoms with Gasteiger partial charge in [0, 0.05) is 17.9 Å². The van der Waals surface area contributed by atoms with Crippen LogP contribution in [0.1, 0.15) is 23.4 Å². The highest BCUT2D eigenvalue weighted by atomic mass is 32.2. The van der Waals surface area contributed by atoms with E-state index in [1.807, 2.05) is 67.3 Å². The maximum atomic E-state index is 12.4. The highest BCUT2D eigenvalue weighted by Crippen LogP contribution is 2.42. The van der Waals surface area contributed by atoms with E-state index in [2.05, 4.69) is 10.6 Å². The van der Waals surface area contributed by atoms with E-state index in [4.69, 9.17) is 0 Å². The molecule has 1 atom stereocenters. The highest BCUT2D eigenvalue weighted by molar-refractivity contribution is 8.00. The van der Waals surface area contributed by atoms with Crippen molar-refractivity contribution in [3.63, 3.8) is 0 Å². The average Bonchev–Trinajstić information content (AvgIpc) is 2.98. The lowest BCUT2D eigenvalue weighted by molar-refractivity contribution is -0.115. The lowest BCUT2D eigenvalue weighted by Crippen LogP contribution is -2.29. The van der Waals surface area contributed by atoms with Gasteiger partial charge < -0.3 is 10.6 Å². The Kier molecular flexibility index (Phi) is 5.28. The third-order valence-electron chi connectivity index (χ3n) is 4.03. The van der Waals surface area contributed by atoms with E-state index in [9.17, 15) is 9.59 Å². The van der Waals surface area contributed by atoms with Gasteiger partial charge in [-0.15, -0.1) is 11.8 Å². The summed E-state index contributed by atoms with van der Waals surface area (Å²) in [6.07, 6.45) is 0. The van der Waals surface area contributed by atoms with E-state index in [1.54, 1.807) is 11.8 Å². The molecule has 2 N–H and O–H groups in total.